The van der Waals surface area contributed by atoms with Crippen molar-refractivity contribution in [3.05, 3.63) is 34.7 Å². The van der Waals surface area contributed by atoms with E-state index in [-0.39, 0.29) is 41.8 Å². The molecule has 2 heterocycles. The van der Waals surface area contributed by atoms with Gasteiger partial charge in [0.25, 0.3) is 0 Å². The van der Waals surface area contributed by atoms with Crippen LogP contribution in [0.4, 0.5) is 13.2 Å². The molecule has 21 heavy (non-hydrogen) atoms. The molecule has 2 rings (SSSR count). The van der Waals surface area contributed by atoms with Gasteiger partial charge in [-0.25, -0.2) is 4.98 Å². The summed E-state index contributed by atoms with van der Waals surface area (Å²) in [6.07, 6.45) is -2.45. The highest BCUT2D eigenvalue weighted by Crippen LogP contribution is 2.32. The Kier molecular flexibility index (Phi) is 4.38. The topological polar surface area (TPSA) is 66.6 Å². The van der Waals surface area contributed by atoms with Crippen molar-refractivity contribution in [1.29, 1.82) is 0 Å². The standard InChI is InChI=1S/C12H11ClF3N3O2/c13-9-3-7(12(14,15)16)5-19-6-8(18-11(9)19)4-10(21)17-1-2-20/h3,5-6,20H,1-2,4H2,(H,17,21). The van der Waals surface area contributed by atoms with Crippen LogP contribution in [-0.2, 0) is 17.4 Å². The summed E-state index contributed by atoms with van der Waals surface area (Å²) in [4.78, 5) is 15.5. The molecule has 0 aliphatic rings. The zero-order valence-electron chi connectivity index (χ0n) is 10.6. The Labute approximate surface area is 122 Å². The molecular weight excluding hydrogens is 311 g/mol. The summed E-state index contributed by atoms with van der Waals surface area (Å²) in [5.41, 5.74) is -0.463. The third-order valence-corrected chi connectivity index (χ3v) is 2.94. The van der Waals surface area contributed by atoms with Crippen molar-refractivity contribution < 1.29 is 23.1 Å². The van der Waals surface area contributed by atoms with E-state index < -0.39 is 11.7 Å². The van der Waals surface area contributed by atoms with E-state index in [0.29, 0.717) is 0 Å². The van der Waals surface area contributed by atoms with Crippen molar-refractivity contribution in [2.24, 2.45) is 0 Å². The minimum Gasteiger partial charge on any atom is -0.395 e. The van der Waals surface area contributed by atoms with Gasteiger partial charge in [-0.15, -0.1) is 0 Å². The minimum absolute atomic E-state index is 0.102. The molecule has 0 fully saturated rings. The molecule has 0 aliphatic carbocycles. The van der Waals surface area contributed by atoms with Crippen molar-refractivity contribution in [2.45, 2.75) is 12.6 Å². The number of aliphatic hydroxyl groups excluding tert-OH is 1. The molecule has 0 aliphatic heterocycles. The SMILES string of the molecule is O=C(Cc1cn2cc(C(F)(F)F)cc(Cl)c2n1)NCCO. The second-order valence-electron chi connectivity index (χ2n) is 4.29. The first kappa shape index (κ1) is 15.6. The third kappa shape index (κ3) is 3.64. The highest BCUT2D eigenvalue weighted by atomic mass is 35.5. The number of amides is 1. The van der Waals surface area contributed by atoms with Crippen molar-refractivity contribution >= 4 is 23.2 Å². The molecule has 2 N–H and O–H groups in total. The van der Waals surface area contributed by atoms with Gasteiger partial charge < -0.3 is 14.8 Å². The predicted molar refractivity (Wildman–Crippen MR) is 69.0 cm³/mol. The largest absolute Gasteiger partial charge is 0.417 e. The Balaban J connectivity index is 2.29. The molecule has 2 aromatic rings. The number of nitrogens with one attached hydrogen (secondary N) is 1. The van der Waals surface area contributed by atoms with Gasteiger partial charge in [0.15, 0.2) is 5.65 Å². The maximum absolute atomic E-state index is 12.7. The Hall–Kier alpha value is -1.80. The van der Waals surface area contributed by atoms with Gasteiger partial charge >= 0.3 is 6.18 Å². The Morgan fingerprint density at radius 3 is 2.76 bits per heavy atom. The van der Waals surface area contributed by atoms with Crippen LogP contribution < -0.4 is 5.32 Å². The molecule has 9 heteroatoms. The van der Waals surface area contributed by atoms with E-state index in [4.69, 9.17) is 16.7 Å². The number of aromatic nitrogens is 2. The summed E-state index contributed by atoms with van der Waals surface area (Å²) >= 11 is 5.78. The van der Waals surface area contributed by atoms with Gasteiger partial charge in [-0.05, 0) is 6.07 Å². The number of halogens is 4. The van der Waals surface area contributed by atoms with Gasteiger partial charge in [-0.1, -0.05) is 11.6 Å². The van der Waals surface area contributed by atoms with Gasteiger partial charge in [-0.3, -0.25) is 4.79 Å². The van der Waals surface area contributed by atoms with E-state index in [9.17, 15) is 18.0 Å². The van der Waals surface area contributed by atoms with Crippen molar-refractivity contribution in [2.75, 3.05) is 13.2 Å². The molecule has 0 radical (unpaired) electrons. The highest BCUT2D eigenvalue weighted by molar-refractivity contribution is 6.33. The summed E-state index contributed by atoms with van der Waals surface area (Å²) in [5, 5.41) is 10.9. The van der Waals surface area contributed by atoms with Gasteiger partial charge in [0.1, 0.15) is 0 Å². The Morgan fingerprint density at radius 2 is 2.14 bits per heavy atom. The number of alkyl halides is 3. The molecule has 114 valence electrons. The molecule has 0 unspecified atom stereocenters. The molecule has 1 amide bonds. The lowest BCUT2D eigenvalue weighted by molar-refractivity contribution is -0.137. The first-order chi connectivity index (χ1) is 9.81. The lowest BCUT2D eigenvalue weighted by Crippen LogP contribution is -2.27. The summed E-state index contributed by atoms with van der Waals surface area (Å²) in [5.74, 6) is -0.389. The van der Waals surface area contributed by atoms with Gasteiger partial charge in [0, 0.05) is 18.9 Å². The quantitative estimate of drug-likeness (QED) is 0.900. The number of carbonyl (C=O) groups excluding carboxylic acids is 1. The van der Waals surface area contributed by atoms with Gasteiger partial charge in [0.2, 0.25) is 5.91 Å². The number of hydrogen-bond donors (Lipinski definition) is 2. The Bertz CT molecular complexity index is 670. The second-order valence-corrected chi connectivity index (χ2v) is 4.70. The first-order valence-electron chi connectivity index (χ1n) is 5.93. The number of rotatable bonds is 4. The van der Waals surface area contributed by atoms with Crippen LogP contribution in [0.25, 0.3) is 5.65 Å². The van der Waals surface area contributed by atoms with Crippen molar-refractivity contribution in [3.63, 3.8) is 0 Å². The molecule has 0 saturated carbocycles. The van der Waals surface area contributed by atoms with E-state index in [1.165, 1.54) is 6.20 Å². The summed E-state index contributed by atoms with van der Waals surface area (Å²) in [6.45, 7) is -0.0944. The van der Waals surface area contributed by atoms with Crippen LogP contribution in [0.15, 0.2) is 18.5 Å². The molecule has 0 aromatic carbocycles. The van der Waals surface area contributed by atoms with E-state index in [2.05, 4.69) is 10.3 Å². The number of fused-ring (bicyclic) bond motifs is 1. The van der Waals surface area contributed by atoms with Crippen LogP contribution in [0.5, 0.6) is 0 Å². The summed E-state index contributed by atoms with van der Waals surface area (Å²) in [6, 6.07) is 0.791. The van der Waals surface area contributed by atoms with Crippen LogP contribution in [0.1, 0.15) is 11.3 Å². The van der Waals surface area contributed by atoms with Crippen molar-refractivity contribution in [3.8, 4) is 0 Å². The van der Waals surface area contributed by atoms with E-state index >= 15 is 0 Å². The maximum atomic E-state index is 12.7. The van der Waals surface area contributed by atoms with E-state index in [1.54, 1.807) is 0 Å². The van der Waals surface area contributed by atoms with Crippen LogP contribution in [0.3, 0.4) is 0 Å². The summed E-state index contributed by atoms with van der Waals surface area (Å²) in [7, 11) is 0. The van der Waals surface area contributed by atoms with Crippen LogP contribution in [-0.4, -0.2) is 33.6 Å². The number of hydrogen-bond acceptors (Lipinski definition) is 3. The zero-order chi connectivity index (χ0) is 15.6. The monoisotopic (exact) mass is 321 g/mol. The van der Waals surface area contributed by atoms with Crippen LogP contribution in [0, 0.1) is 0 Å². The smallest absolute Gasteiger partial charge is 0.395 e. The fourth-order valence-corrected chi connectivity index (χ4v) is 2.03. The first-order valence-corrected chi connectivity index (χ1v) is 6.31. The lowest BCUT2D eigenvalue weighted by atomic mass is 10.3. The number of aliphatic hydroxyl groups is 1. The number of carbonyl (C=O) groups is 1. The fraction of sp³-hybridized carbons (Fsp3) is 0.333. The average molecular weight is 322 g/mol. The van der Waals surface area contributed by atoms with Gasteiger partial charge in [0.05, 0.1) is 29.3 Å². The molecule has 0 saturated heterocycles. The molecule has 0 spiro atoms. The highest BCUT2D eigenvalue weighted by Gasteiger charge is 2.31. The molecular formula is C12H11ClF3N3O2. The minimum atomic E-state index is -4.51. The third-order valence-electron chi connectivity index (χ3n) is 2.66. The maximum Gasteiger partial charge on any atom is 0.417 e. The summed E-state index contributed by atoms with van der Waals surface area (Å²) < 4.78 is 39.2. The van der Waals surface area contributed by atoms with E-state index in [0.717, 1.165) is 16.7 Å². The second kappa shape index (κ2) is 5.90. The number of nitrogens with zero attached hydrogens (tertiary/aromatic N) is 2. The number of imidazole rings is 1. The van der Waals surface area contributed by atoms with Gasteiger partial charge in [-0.2, -0.15) is 13.2 Å². The molecule has 5 nitrogen and oxygen atoms in total. The molecule has 0 atom stereocenters. The average Bonchev–Trinajstić information content (AvgIpc) is 2.78. The van der Waals surface area contributed by atoms with Crippen LogP contribution >= 0.6 is 11.6 Å². The normalized spacial score (nSPS) is 11.9. The predicted octanol–water partition coefficient (Wildman–Crippen LogP) is 1.66. The van der Waals surface area contributed by atoms with E-state index in [1.807, 2.05) is 0 Å². The van der Waals surface area contributed by atoms with Crippen molar-refractivity contribution in [1.82, 2.24) is 14.7 Å². The molecule has 2 aromatic heterocycles. The fourth-order valence-electron chi connectivity index (χ4n) is 1.77. The zero-order valence-corrected chi connectivity index (χ0v) is 11.4. The Morgan fingerprint density at radius 1 is 1.43 bits per heavy atom. The number of pyridine rings is 1. The van der Waals surface area contributed by atoms with Crippen LogP contribution in [0.2, 0.25) is 5.02 Å². The lowest BCUT2D eigenvalue weighted by Gasteiger charge is -2.07. The molecule has 0 bridgehead atoms.